The summed E-state index contributed by atoms with van der Waals surface area (Å²) in [6, 6.07) is 8.42. The van der Waals surface area contributed by atoms with Gasteiger partial charge in [0.2, 0.25) is 0 Å². The van der Waals surface area contributed by atoms with Gasteiger partial charge < -0.3 is 15.8 Å². The van der Waals surface area contributed by atoms with Gasteiger partial charge >= 0.3 is 0 Å². The molecule has 0 aliphatic carbocycles. The molecule has 0 saturated carbocycles. The normalized spacial score (nSPS) is 19.3. The van der Waals surface area contributed by atoms with E-state index in [1.165, 1.54) is 24.0 Å². The Morgan fingerprint density at radius 2 is 2.06 bits per heavy atom. The topological polar surface area (TPSA) is 47.3 Å². The number of nitrogens with two attached hydrogens (primary N) is 1. The molecule has 1 heterocycles. The van der Waals surface area contributed by atoms with Crippen molar-refractivity contribution in [3.8, 4) is 0 Å². The molecule has 0 aromatic heterocycles. The molecule has 0 radical (unpaired) electrons. The first-order valence-corrected chi connectivity index (χ1v) is 6.99. The highest BCUT2D eigenvalue weighted by molar-refractivity contribution is 5.27. The molecule has 1 atom stereocenters. The number of ether oxygens (including phenoxy) is 1. The van der Waals surface area contributed by atoms with E-state index in [2.05, 4.69) is 29.6 Å². The molecule has 100 valence electrons. The van der Waals surface area contributed by atoms with Crippen molar-refractivity contribution < 1.29 is 4.74 Å². The van der Waals surface area contributed by atoms with Gasteiger partial charge in [0, 0.05) is 13.2 Å². The Hall–Kier alpha value is -0.900. The molecular formula is C15H24N2O. The first kappa shape index (κ1) is 13.5. The van der Waals surface area contributed by atoms with E-state index >= 15 is 0 Å². The molecular weight excluding hydrogens is 224 g/mol. The second-order valence-electron chi connectivity index (χ2n) is 4.90. The van der Waals surface area contributed by atoms with Crippen LogP contribution >= 0.6 is 0 Å². The molecule has 1 aromatic carbocycles. The average Bonchev–Trinajstić information content (AvgIpc) is 2.92. The fourth-order valence-electron chi connectivity index (χ4n) is 2.48. The molecule has 18 heavy (non-hydrogen) atoms. The lowest BCUT2D eigenvalue weighted by atomic mass is 10.0. The first-order chi connectivity index (χ1) is 8.90. The summed E-state index contributed by atoms with van der Waals surface area (Å²) in [7, 11) is 0. The van der Waals surface area contributed by atoms with Crippen LogP contribution in [-0.4, -0.2) is 25.8 Å². The van der Waals surface area contributed by atoms with E-state index in [1.807, 2.05) is 0 Å². The van der Waals surface area contributed by atoms with E-state index in [4.69, 9.17) is 10.5 Å². The van der Waals surface area contributed by atoms with Crippen LogP contribution in [-0.2, 0) is 17.7 Å². The highest BCUT2D eigenvalue weighted by Crippen LogP contribution is 2.14. The van der Waals surface area contributed by atoms with Crippen LogP contribution in [0.1, 0.15) is 30.4 Å². The highest BCUT2D eigenvalue weighted by Gasteiger charge is 2.14. The van der Waals surface area contributed by atoms with Crippen molar-refractivity contribution in [3.05, 3.63) is 35.4 Å². The molecule has 0 amide bonds. The summed E-state index contributed by atoms with van der Waals surface area (Å²) in [5, 5.41) is 3.49. The van der Waals surface area contributed by atoms with Crippen LogP contribution in [0.2, 0.25) is 0 Å². The monoisotopic (exact) mass is 248 g/mol. The van der Waals surface area contributed by atoms with Gasteiger partial charge in [-0.05, 0) is 49.9 Å². The quantitative estimate of drug-likeness (QED) is 0.724. The van der Waals surface area contributed by atoms with E-state index in [1.54, 1.807) is 0 Å². The standard InChI is InChI=1S/C15H24N2O/c16-12-14-5-2-1-4-13(14)7-9-17-10-8-15-6-3-11-18-15/h1-2,4-5,15,17H,3,6-12,16H2. The van der Waals surface area contributed by atoms with Gasteiger partial charge in [-0.15, -0.1) is 0 Å². The van der Waals surface area contributed by atoms with Crippen molar-refractivity contribution in [2.24, 2.45) is 5.73 Å². The third-order valence-electron chi connectivity index (χ3n) is 3.58. The molecule has 1 unspecified atom stereocenters. The number of benzene rings is 1. The van der Waals surface area contributed by atoms with E-state index in [9.17, 15) is 0 Å². The Labute approximate surface area is 110 Å². The Morgan fingerprint density at radius 3 is 2.78 bits per heavy atom. The van der Waals surface area contributed by atoms with E-state index in [-0.39, 0.29) is 0 Å². The minimum Gasteiger partial charge on any atom is -0.378 e. The zero-order chi connectivity index (χ0) is 12.6. The number of rotatable bonds is 7. The molecule has 0 bridgehead atoms. The van der Waals surface area contributed by atoms with Crippen LogP contribution in [0.5, 0.6) is 0 Å². The zero-order valence-electron chi connectivity index (χ0n) is 11.0. The number of hydrogen-bond donors (Lipinski definition) is 2. The second-order valence-corrected chi connectivity index (χ2v) is 4.90. The maximum Gasteiger partial charge on any atom is 0.0588 e. The maximum absolute atomic E-state index is 5.73. The van der Waals surface area contributed by atoms with Crippen molar-refractivity contribution in [2.45, 2.75) is 38.3 Å². The van der Waals surface area contributed by atoms with Gasteiger partial charge in [-0.2, -0.15) is 0 Å². The lowest BCUT2D eigenvalue weighted by Crippen LogP contribution is -2.22. The SMILES string of the molecule is NCc1ccccc1CCNCCC1CCCO1. The molecule has 3 N–H and O–H groups in total. The van der Waals surface area contributed by atoms with Gasteiger partial charge in [0.05, 0.1) is 6.10 Å². The molecule has 3 heteroatoms. The van der Waals surface area contributed by atoms with Gasteiger partial charge in [-0.1, -0.05) is 24.3 Å². The van der Waals surface area contributed by atoms with E-state index < -0.39 is 0 Å². The van der Waals surface area contributed by atoms with Crippen molar-refractivity contribution >= 4 is 0 Å². The highest BCUT2D eigenvalue weighted by atomic mass is 16.5. The molecule has 1 saturated heterocycles. The summed E-state index contributed by atoms with van der Waals surface area (Å²) >= 11 is 0. The smallest absolute Gasteiger partial charge is 0.0588 e. The van der Waals surface area contributed by atoms with Crippen LogP contribution in [0.25, 0.3) is 0 Å². The lowest BCUT2D eigenvalue weighted by molar-refractivity contribution is 0.104. The number of hydrogen-bond acceptors (Lipinski definition) is 3. The summed E-state index contributed by atoms with van der Waals surface area (Å²) in [5.74, 6) is 0. The number of nitrogens with one attached hydrogen (secondary N) is 1. The largest absolute Gasteiger partial charge is 0.378 e. The fourth-order valence-corrected chi connectivity index (χ4v) is 2.48. The third-order valence-corrected chi connectivity index (χ3v) is 3.58. The Kier molecular flexibility index (Phi) is 5.65. The molecule has 2 rings (SSSR count). The summed E-state index contributed by atoms with van der Waals surface area (Å²) in [6.45, 7) is 3.65. The van der Waals surface area contributed by atoms with E-state index in [0.29, 0.717) is 12.6 Å². The third kappa shape index (κ3) is 4.09. The van der Waals surface area contributed by atoms with E-state index in [0.717, 1.165) is 32.5 Å². The maximum atomic E-state index is 5.73. The first-order valence-electron chi connectivity index (χ1n) is 6.99. The average molecular weight is 248 g/mol. The molecule has 1 fully saturated rings. The molecule has 1 aliphatic rings. The molecule has 3 nitrogen and oxygen atoms in total. The minimum atomic E-state index is 0.494. The summed E-state index contributed by atoms with van der Waals surface area (Å²) in [4.78, 5) is 0. The fraction of sp³-hybridized carbons (Fsp3) is 0.600. The van der Waals surface area contributed by atoms with Gasteiger partial charge in [0.1, 0.15) is 0 Å². The Morgan fingerprint density at radius 1 is 1.22 bits per heavy atom. The van der Waals surface area contributed by atoms with Gasteiger partial charge in [0.15, 0.2) is 0 Å². The Balaban J connectivity index is 1.62. The molecule has 0 spiro atoms. The summed E-state index contributed by atoms with van der Waals surface area (Å²) in [6.07, 6.45) is 5.15. The van der Waals surface area contributed by atoms with Crippen LogP contribution in [0, 0.1) is 0 Å². The molecule has 1 aromatic rings. The second kappa shape index (κ2) is 7.52. The van der Waals surface area contributed by atoms with Crippen LogP contribution in [0.4, 0.5) is 0 Å². The van der Waals surface area contributed by atoms with Crippen LogP contribution in [0.15, 0.2) is 24.3 Å². The van der Waals surface area contributed by atoms with Crippen molar-refractivity contribution in [2.75, 3.05) is 19.7 Å². The zero-order valence-corrected chi connectivity index (χ0v) is 11.0. The summed E-state index contributed by atoms with van der Waals surface area (Å²) in [5.41, 5.74) is 8.35. The lowest BCUT2D eigenvalue weighted by Gasteiger charge is -2.11. The minimum absolute atomic E-state index is 0.494. The van der Waals surface area contributed by atoms with Crippen LogP contribution < -0.4 is 11.1 Å². The van der Waals surface area contributed by atoms with Gasteiger partial charge in [-0.3, -0.25) is 0 Å². The predicted molar refractivity (Wildman–Crippen MR) is 74.5 cm³/mol. The van der Waals surface area contributed by atoms with Gasteiger partial charge in [-0.25, -0.2) is 0 Å². The van der Waals surface area contributed by atoms with Gasteiger partial charge in [0.25, 0.3) is 0 Å². The van der Waals surface area contributed by atoms with Crippen molar-refractivity contribution in [3.63, 3.8) is 0 Å². The van der Waals surface area contributed by atoms with Crippen molar-refractivity contribution in [1.29, 1.82) is 0 Å². The van der Waals surface area contributed by atoms with Crippen LogP contribution in [0.3, 0.4) is 0 Å². The summed E-state index contributed by atoms with van der Waals surface area (Å²) < 4.78 is 5.60. The molecule has 1 aliphatic heterocycles. The predicted octanol–water partition coefficient (Wildman–Crippen LogP) is 1.85. The van der Waals surface area contributed by atoms with Crippen molar-refractivity contribution in [1.82, 2.24) is 5.32 Å². The Bertz CT molecular complexity index is 348.